The molecule has 2 bridgehead atoms. The molecule has 2 aromatic rings. The van der Waals surface area contributed by atoms with Crippen LogP contribution in [0.5, 0.6) is 0 Å². The molecule has 0 aliphatic heterocycles. The molecular weight excluding hydrogens is 379 g/mol. The lowest BCUT2D eigenvalue weighted by Gasteiger charge is -2.75. The number of hydrogen-bond acceptors (Lipinski definition) is 2. The zero-order chi connectivity index (χ0) is 20.2. The van der Waals surface area contributed by atoms with Crippen molar-refractivity contribution in [1.29, 1.82) is 0 Å². The number of anilines is 1. The fourth-order valence-corrected chi connectivity index (χ4v) is 4.78. The van der Waals surface area contributed by atoms with Crippen LogP contribution in [0.2, 0.25) is 5.02 Å². The van der Waals surface area contributed by atoms with Crippen LogP contribution in [0.4, 0.5) is 10.1 Å². The largest absolute Gasteiger partial charge is 0.347 e. The summed E-state index contributed by atoms with van der Waals surface area (Å²) >= 11 is 5.96. The second kappa shape index (κ2) is 6.31. The summed E-state index contributed by atoms with van der Waals surface area (Å²) in [5.74, 6) is -0.563. The SMILES string of the molecule is CC(C)(C(=O)Nc1ccc(F)cc1)C12CC(NC(=O)c3cccc(Cl)c3)(C1)C2. The van der Waals surface area contributed by atoms with Gasteiger partial charge in [0.25, 0.3) is 5.91 Å². The third-order valence-electron chi connectivity index (χ3n) is 6.49. The van der Waals surface area contributed by atoms with E-state index < -0.39 is 5.41 Å². The van der Waals surface area contributed by atoms with Crippen LogP contribution in [0.1, 0.15) is 43.5 Å². The van der Waals surface area contributed by atoms with Gasteiger partial charge in [-0.05, 0) is 67.1 Å². The summed E-state index contributed by atoms with van der Waals surface area (Å²) in [5, 5.41) is 6.54. The van der Waals surface area contributed by atoms with E-state index in [4.69, 9.17) is 11.6 Å². The molecule has 0 radical (unpaired) electrons. The Balaban J connectivity index is 1.39. The minimum Gasteiger partial charge on any atom is -0.347 e. The minimum atomic E-state index is -0.593. The van der Waals surface area contributed by atoms with Crippen LogP contribution in [0.15, 0.2) is 48.5 Å². The van der Waals surface area contributed by atoms with Gasteiger partial charge in [0, 0.05) is 27.2 Å². The molecule has 0 aromatic heterocycles. The lowest BCUT2D eigenvalue weighted by molar-refractivity contribution is -0.213. The topological polar surface area (TPSA) is 58.2 Å². The number of halogens is 2. The number of benzene rings is 2. The second-order valence-corrected chi connectivity index (χ2v) is 9.08. The van der Waals surface area contributed by atoms with E-state index in [0.29, 0.717) is 16.3 Å². The summed E-state index contributed by atoms with van der Waals surface area (Å²) < 4.78 is 13.1. The van der Waals surface area contributed by atoms with Crippen LogP contribution >= 0.6 is 11.6 Å². The molecule has 146 valence electrons. The Bertz CT molecular complexity index is 935. The molecule has 2 amide bonds. The van der Waals surface area contributed by atoms with Crippen LogP contribution in [0.25, 0.3) is 0 Å². The van der Waals surface area contributed by atoms with Crippen LogP contribution in [-0.2, 0) is 4.79 Å². The first-order valence-electron chi connectivity index (χ1n) is 9.30. The molecule has 5 rings (SSSR count). The van der Waals surface area contributed by atoms with Gasteiger partial charge in [-0.15, -0.1) is 0 Å². The molecule has 3 saturated carbocycles. The molecule has 3 aliphatic carbocycles. The van der Waals surface area contributed by atoms with Crippen molar-refractivity contribution in [1.82, 2.24) is 5.32 Å². The molecule has 3 fully saturated rings. The van der Waals surface area contributed by atoms with Crippen molar-refractivity contribution in [3.63, 3.8) is 0 Å². The van der Waals surface area contributed by atoms with Crippen LogP contribution < -0.4 is 10.6 Å². The molecule has 28 heavy (non-hydrogen) atoms. The van der Waals surface area contributed by atoms with E-state index in [-0.39, 0.29) is 28.6 Å². The van der Waals surface area contributed by atoms with Gasteiger partial charge in [-0.25, -0.2) is 4.39 Å². The number of carbonyl (C=O) groups excluding carboxylic acids is 2. The van der Waals surface area contributed by atoms with Crippen molar-refractivity contribution < 1.29 is 14.0 Å². The zero-order valence-corrected chi connectivity index (χ0v) is 16.6. The van der Waals surface area contributed by atoms with Crippen molar-refractivity contribution in [3.8, 4) is 0 Å². The Hall–Kier alpha value is -2.40. The summed E-state index contributed by atoms with van der Waals surface area (Å²) in [6.45, 7) is 3.88. The summed E-state index contributed by atoms with van der Waals surface area (Å²) in [6.07, 6.45) is 2.32. The molecular formula is C22H22ClFN2O2. The number of rotatable bonds is 5. The van der Waals surface area contributed by atoms with Gasteiger partial charge < -0.3 is 10.6 Å². The molecule has 0 atom stereocenters. The monoisotopic (exact) mass is 400 g/mol. The Morgan fingerprint density at radius 3 is 2.32 bits per heavy atom. The molecule has 6 heteroatoms. The molecule has 3 aliphatic rings. The van der Waals surface area contributed by atoms with E-state index in [2.05, 4.69) is 10.6 Å². The van der Waals surface area contributed by atoms with Gasteiger partial charge >= 0.3 is 0 Å². The number of amides is 2. The fourth-order valence-electron chi connectivity index (χ4n) is 4.59. The van der Waals surface area contributed by atoms with Crippen molar-refractivity contribution in [2.75, 3.05) is 5.32 Å². The van der Waals surface area contributed by atoms with Gasteiger partial charge in [0.05, 0.1) is 0 Å². The number of nitrogens with one attached hydrogen (secondary N) is 2. The standard InChI is InChI=1S/C22H22ClFN2O2/c1-20(2,19(28)25-17-8-6-16(24)7-9-17)21-11-22(12-21,13-21)26-18(27)14-4-3-5-15(23)10-14/h3-10H,11-13H2,1-2H3,(H,25,28)(H,26,27). The predicted octanol–water partition coefficient (Wildman–Crippen LogP) is 4.80. The fraction of sp³-hybridized carbons (Fsp3) is 0.364. The Labute approximate surface area is 168 Å². The first-order chi connectivity index (χ1) is 13.1. The van der Waals surface area contributed by atoms with Crippen molar-refractivity contribution >= 4 is 29.1 Å². The number of carbonyl (C=O) groups is 2. The molecule has 0 spiro atoms. The first kappa shape index (κ1) is 18.9. The maximum absolute atomic E-state index is 13.1. The maximum Gasteiger partial charge on any atom is 0.251 e. The van der Waals surface area contributed by atoms with Gasteiger partial charge in [0.15, 0.2) is 0 Å². The minimum absolute atomic E-state index is 0.0893. The lowest BCUT2D eigenvalue weighted by Crippen LogP contribution is -2.79. The molecule has 4 nitrogen and oxygen atoms in total. The van der Waals surface area contributed by atoms with Crippen molar-refractivity contribution in [2.45, 2.75) is 38.6 Å². The van der Waals surface area contributed by atoms with E-state index in [1.165, 1.54) is 12.1 Å². The highest BCUT2D eigenvalue weighted by atomic mass is 35.5. The van der Waals surface area contributed by atoms with Crippen molar-refractivity contribution in [2.24, 2.45) is 10.8 Å². The van der Waals surface area contributed by atoms with Crippen LogP contribution in [-0.4, -0.2) is 17.4 Å². The highest BCUT2D eigenvalue weighted by Crippen LogP contribution is 2.74. The molecule has 2 N–H and O–H groups in total. The van der Waals surface area contributed by atoms with E-state index in [0.717, 1.165) is 19.3 Å². The van der Waals surface area contributed by atoms with Crippen LogP contribution in [0, 0.1) is 16.6 Å². The average Bonchev–Trinajstić information content (AvgIpc) is 2.58. The maximum atomic E-state index is 13.1. The highest BCUT2D eigenvalue weighted by molar-refractivity contribution is 6.31. The molecule has 0 saturated heterocycles. The molecule has 0 unspecified atom stereocenters. The summed E-state index contributed by atoms with van der Waals surface area (Å²) in [4.78, 5) is 25.4. The van der Waals surface area contributed by atoms with E-state index in [1.54, 1.807) is 36.4 Å². The highest BCUT2D eigenvalue weighted by Gasteiger charge is 2.74. The van der Waals surface area contributed by atoms with Crippen molar-refractivity contribution in [3.05, 3.63) is 64.9 Å². The number of hydrogen-bond donors (Lipinski definition) is 2. The van der Waals surface area contributed by atoms with Gasteiger partial charge in [0.1, 0.15) is 5.82 Å². The normalized spacial score (nSPS) is 25.3. The summed E-state index contributed by atoms with van der Waals surface area (Å²) in [7, 11) is 0. The van der Waals surface area contributed by atoms with Gasteiger partial charge in [-0.1, -0.05) is 31.5 Å². The third kappa shape index (κ3) is 2.98. The molecule has 2 aromatic carbocycles. The van der Waals surface area contributed by atoms with E-state index in [1.807, 2.05) is 13.8 Å². The van der Waals surface area contributed by atoms with E-state index >= 15 is 0 Å². The average molecular weight is 401 g/mol. The molecule has 0 heterocycles. The zero-order valence-electron chi connectivity index (χ0n) is 15.8. The second-order valence-electron chi connectivity index (χ2n) is 8.64. The Kier molecular flexibility index (Phi) is 4.27. The smallest absolute Gasteiger partial charge is 0.251 e. The summed E-state index contributed by atoms with van der Waals surface area (Å²) in [6, 6.07) is 12.6. The summed E-state index contributed by atoms with van der Waals surface area (Å²) in [5.41, 5.74) is 0.171. The Morgan fingerprint density at radius 1 is 1.07 bits per heavy atom. The van der Waals surface area contributed by atoms with E-state index in [9.17, 15) is 14.0 Å². The van der Waals surface area contributed by atoms with Gasteiger partial charge in [-0.2, -0.15) is 0 Å². The first-order valence-corrected chi connectivity index (χ1v) is 9.68. The van der Waals surface area contributed by atoms with Gasteiger partial charge in [0.2, 0.25) is 5.91 Å². The quantitative estimate of drug-likeness (QED) is 0.757. The van der Waals surface area contributed by atoms with Crippen LogP contribution in [0.3, 0.4) is 0 Å². The predicted molar refractivity (Wildman–Crippen MR) is 107 cm³/mol. The third-order valence-corrected chi connectivity index (χ3v) is 6.73. The lowest BCUT2D eigenvalue weighted by atomic mass is 9.32. The Morgan fingerprint density at radius 2 is 1.71 bits per heavy atom. The van der Waals surface area contributed by atoms with Gasteiger partial charge in [-0.3, -0.25) is 9.59 Å².